The molecule has 0 saturated heterocycles. The molecule has 4 nitrogen and oxygen atoms in total. The monoisotopic (exact) mass is 356 g/mol. The van der Waals surface area contributed by atoms with Crippen LogP contribution in [-0.2, 0) is 11.2 Å². The summed E-state index contributed by atoms with van der Waals surface area (Å²) in [5, 5.41) is 2.92. The maximum Gasteiger partial charge on any atom is 0.260 e. The molecular formula is C16H25BrN2O2. The lowest BCUT2D eigenvalue weighted by Crippen LogP contribution is -2.41. The number of ether oxygens (including phenoxy) is 1. The van der Waals surface area contributed by atoms with Gasteiger partial charge in [0.25, 0.3) is 5.91 Å². The van der Waals surface area contributed by atoms with E-state index in [1.165, 1.54) is 0 Å². The molecule has 1 aromatic carbocycles. The summed E-state index contributed by atoms with van der Waals surface area (Å²) in [6.07, 6.45) is 1.06. The van der Waals surface area contributed by atoms with Gasteiger partial charge in [0.1, 0.15) is 5.75 Å². The second-order valence-corrected chi connectivity index (χ2v) is 6.43. The van der Waals surface area contributed by atoms with Gasteiger partial charge in [0.2, 0.25) is 0 Å². The second-order valence-electron chi connectivity index (χ2n) is 5.51. The van der Waals surface area contributed by atoms with Crippen LogP contribution in [0.4, 0.5) is 0 Å². The zero-order chi connectivity index (χ0) is 16.0. The summed E-state index contributed by atoms with van der Waals surface area (Å²) >= 11 is 3.45. The van der Waals surface area contributed by atoms with Crippen LogP contribution in [0.5, 0.6) is 5.75 Å². The van der Waals surface area contributed by atoms with E-state index in [1.54, 1.807) is 6.92 Å². The third-order valence-corrected chi connectivity index (χ3v) is 3.73. The number of benzene rings is 1. The number of carbonyl (C=O) groups is 1. The minimum atomic E-state index is -0.535. The van der Waals surface area contributed by atoms with Crippen molar-refractivity contribution in [3.63, 3.8) is 0 Å². The van der Waals surface area contributed by atoms with Gasteiger partial charge in [-0.15, -0.1) is 0 Å². The van der Waals surface area contributed by atoms with Gasteiger partial charge in [-0.25, -0.2) is 0 Å². The van der Waals surface area contributed by atoms with Gasteiger partial charge in [-0.2, -0.15) is 0 Å². The summed E-state index contributed by atoms with van der Waals surface area (Å²) in [4.78, 5) is 12.0. The third-order valence-electron chi connectivity index (χ3n) is 3.24. The van der Waals surface area contributed by atoms with E-state index in [2.05, 4.69) is 21.2 Å². The Morgan fingerprint density at radius 1 is 1.38 bits per heavy atom. The molecule has 0 radical (unpaired) electrons. The lowest BCUT2D eigenvalue weighted by Gasteiger charge is -2.20. The Morgan fingerprint density at radius 3 is 2.62 bits per heavy atom. The van der Waals surface area contributed by atoms with Crippen LogP contribution in [0, 0.1) is 0 Å². The highest BCUT2D eigenvalue weighted by Gasteiger charge is 2.18. The number of nitrogens with one attached hydrogen (secondary N) is 1. The lowest BCUT2D eigenvalue weighted by molar-refractivity contribution is -0.127. The summed E-state index contributed by atoms with van der Waals surface area (Å²) < 4.78 is 6.79. The normalized spacial score (nSPS) is 15.1. The molecule has 3 unspecified atom stereocenters. The fourth-order valence-electron chi connectivity index (χ4n) is 1.88. The topological polar surface area (TPSA) is 64.3 Å². The van der Waals surface area contributed by atoms with Gasteiger partial charge in [0.05, 0.1) is 0 Å². The van der Waals surface area contributed by atoms with E-state index in [4.69, 9.17) is 10.5 Å². The number of halogens is 1. The Bertz CT molecular complexity index is 477. The van der Waals surface area contributed by atoms with Gasteiger partial charge < -0.3 is 15.8 Å². The molecule has 0 aliphatic carbocycles. The molecule has 1 aromatic rings. The summed E-state index contributed by atoms with van der Waals surface area (Å²) in [7, 11) is 0. The van der Waals surface area contributed by atoms with E-state index in [0.717, 1.165) is 16.5 Å². The first-order valence-electron chi connectivity index (χ1n) is 7.34. The third kappa shape index (κ3) is 6.06. The van der Waals surface area contributed by atoms with Crippen molar-refractivity contribution in [1.29, 1.82) is 0 Å². The van der Waals surface area contributed by atoms with Gasteiger partial charge >= 0.3 is 0 Å². The molecule has 1 amide bonds. The van der Waals surface area contributed by atoms with E-state index in [1.807, 2.05) is 39.0 Å². The van der Waals surface area contributed by atoms with E-state index in [-0.39, 0.29) is 18.0 Å². The van der Waals surface area contributed by atoms with Gasteiger partial charge in [0.15, 0.2) is 6.10 Å². The lowest BCUT2D eigenvalue weighted by atomic mass is 10.1. The average Bonchev–Trinajstić information content (AvgIpc) is 2.40. The first-order valence-corrected chi connectivity index (χ1v) is 8.13. The predicted molar refractivity (Wildman–Crippen MR) is 89.5 cm³/mol. The van der Waals surface area contributed by atoms with Gasteiger partial charge in [-0.1, -0.05) is 22.9 Å². The van der Waals surface area contributed by atoms with Crippen LogP contribution in [0.3, 0.4) is 0 Å². The van der Waals surface area contributed by atoms with E-state index < -0.39 is 6.10 Å². The Morgan fingerprint density at radius 2 is 2.05 bits per heavy atom. The van der Waals surface area contributed by atoms with E-state index in [0.29, 0.717) is 12.2 Å². The van der Waals surface area contributed by atoms with Crippen molar-refractivity contribution in [3.8, 4) is 5.75 Å². The van der Waals surface area contributed by atoms with Crippen LogP contribution >= 0.6 is 15.9 Å². The van der Waals surface area contributed by atoms with E-state index in [9.17, 15) is 4.79 Å². The highest BCUT2D eigenvalue weighted by atomic mass is 79.9. The van der Waals surface area contributed by atoms with Gasteiger partial charge in [-0.3, -0.25) is 4.79 Å². The molecule has 0 aliphatic rings. The molecule has 0 bridgehead atoms. The molecule has 0 aromatic heterocycles. The smallest absolute Gasteiger partial charge is 0.260 e. The number of nitrogens with two attached hydrogens (primary N) is 1. The number of rotatable bonds is 7. The first kappa shape index (κ1) is 18.0. The fraction of sp³-hybridized carbons (Fsp3) is 0.562. The molecule has 3 N–H and O–H groups in total. The standard InChI is InChI=1S/C16H25BrN2O2/c1-5-11(3)19-16(20)12(4)21-15-7-6-14(17)9-13(15)8-10(2)18/h6-7,9-12H,5,8,18H2,1-4H3,(H,19,20). The van der Waals surface area contributed by atoms with Crippen molar-refractivity contribution in [3.05, 3.63) is 28.2 Å². The van der Waals surface area contributed by atoms with Crippen molar-refractivity contribution >= 4 is 21.8 Å². The minimum Gasteiger partial charge on any atom is -0.481 e. The Kier molecular flexibility index (Phi) is 7.18. The Hall–Kier alpha value is -1.07. The van der Waals surface area contributed by atoms with Crippen molar-refractivity contribution < 1.29 is 9.53 Å². The number of hydrogen-bond acceptors (Lipinski definition) is 3. The van der Waals surface area contributed by atoms with Gasteiger partial charge in [-0.05, 0) is 57.4 Å². The second kappa shape index (κ2) is 8.39. The molecular weight excluding hydrogens is 332 g/mol. The maximum absolute atomic E-state index is 12.0. The molecule has 1 rings (SSSR count). The maximum atomic E-state index is 12.0. The van der Waals surface area contributed by atoms with Gasteiger partial charge in [0, 0.05) is 16.6 Å². The zero-order valence-corrected chi connectivity index (χ0v) is 14.7. The number of carbonyl (C=O) groups excluding carboxylic acids is 1. The predicted octanol–water partition coefficient (Wildman–Crippen LogP) is 3.02. The molecule has 3 atom stereocenters. The first-order chi connectivity index (χ1) is 9.83. The quantitative estimate of drug-likeness (QED) is 0.789. The molecule has 21 heavy (non-hydrogen) atoms. The zero-order valence-electron chi connectivity index (χ0n) is 13.2. The molecule has 5 heteroatoms. The minimum absolute atomic E-state index is 0.0332. The van der Waals surface area contributed by atoms with Crippen molar-refractivity contribution in [2.75, 3.05) is 0 Å². The highest BCUT2D eigenvalue weighted by molar-refractivity contribution is 9.10. The summed E-state index contributed by atoms with van der Waals surface area (Å²) in [5.74, 6) is 0.612. The summed E-state index contributed by atoms with van der Waals surface area (Å²) in [6, 6.07) is 5.94. The Balaban J connectivity index is 2.79. The molecule has 0 heterocycles. The molecule has 0 spiro atoms. The van der Waals surface area contributed by atoms with Crippen LogP contribution in [0.2, 0.25) is 0 Å². The average molecular weight is 357 g/mol. The highest BCUT2D eigenvalue weighted by Crippen LogP contribution is 2.25. The van der Waals surface area contributed by atoms with Crippen LogP contribution in [0.15, 0.2) is 22.7 Å². The summed E-state index contributed by atoms with van der Waals surface area (Å²) in [6.45, 7) is 7.72. The molecule has 0 aliphatic heterocycles. The summed E-state index contributed by atoms with van der Waals surface area (Å²) in [5.41, 5.74) is 6.87. The molecule has 118 valence electrons. The number of hydrogen-bond donors (Lipinski definition) is 2. The van der Waals surface area contributed by atoms with Crippen LogP contribution in [-0.4, -0.2) is 24.1 Å². The van der Waals surface area contributed by atoms with Crippen LogP contribution in [0.25, 0.3) is 0 Å². The van der Waals surface area contributed by atoms with Crippen LogP contribution < -0.4 is 15.8 Å². The van der Waals surface area contributed by atoms with Crippen LogP contribution in [0.1, 0.15) is 39.7 Å². The molecule has 0 saturated carbocycles. The van der Waals surface area contributed by atoms with Crippen molar-refractivity contribution in [2.24, 2.45) is 5.73 Å². The van der Waals surface area contributed by atoms with Crippen molar-refractivity contribution in [1.82, 2.24) is 5.32 Å². The molecule has 0 fully saturated rings. The van der Waals surface area contributed by atoms with E-state index >= 15 is 0 Å². The Labute approximate surface area is 135 Å². The largest absolute Gasteiger partial charge is 0.481 e. The SMILES string of the molecule is CCC(C)NC(=O)C(C)Oc1ccc(Br)cc1CC(C)N. The fourth-order valence-corrected chi connectivity index (χ4v) is 2.28. The van der Waals surface area contributed by atoms with Crippen molar-refractivity contribution in [2.45, 2.75) is 58.7 Å². The number of amides is 1.